The Morgan fingerprint density at radius 1 is 1.03 bits per heavy atom. The average molecular weight is 454 g/mol. The number of nitriles is 1. The van der Waals surface area contributed by atoms with Gasteiger partial charge in [-0.05, 0) is 61.4 Å². The number of nitrogens with zero attached hydrogens (tertiary/aromatic N) is 3. The van der Waals surface area contributed by atoms with Crippen LogP contribution in [0.5, 0.6) is 5.75 Å². The first-order valence-corrected chi connectivity index (χ1v) is 11.9. The highest BCUT2D eigenvalue weighted by Gasteiger charge is 2.49. The molecule has 0 radical (unpaired) electrons. The third-order valence-corrected chi connectivity index (χ3v) is 7.98. The Hall–Kier alpha value is -3.22. The molecule has 1 aliphatic heterocycles. The van der Waals surface area contributed by atoms with Gasteiger partial charge in [-0.1, -0.05) is 12.8 Å². The molecule has 166 valence electrons. The van der Waals surface area contributed by atoms with Crippen LogP contribution in [0.25, 0.3) is 0 Å². The molecule has 8 nitrogen and oxygen atoms in total. The highest BCUT2D eigenvalue weighted by molar-refractivity contribution is 7.89. The smallest absolute Gasteiger partial charge is 0.252 e. The zero-order chi connectivity index (χ0) is 22.9. The van der Waals surface area contributed by atoms with Crippen LogP contribution in [0.1, 0.15) is 37.7 Å². The molecular formula is C23H23N3O5S. The van der Waals surface area contributed by atoms with Crippen molar-refractivity contribution in [3.05, 3.63) is 54.1 Å². The minimum Gasteiger partial charge on any atom is -0.497 e. The summed E-state index contributed by atoms with van der Waals surface area (Å²) in [5.41, 5.74) is 0.730. The van der Waals surface area contributed by atoms with Gasteiger partial charge in [-0.2, -0.15) is 9.57 Å². The van der Waals surface area contributed by atoms with Crippen LogP contribution in [-0.4, -0.2) is 43.7 Å². The Morgan fingerprint density at radius 3 is 2.22 bits per heavy atom. The first kappa shape index (κ1) is 22.0. The van der Waals surface area contributed by atoms with E-state index in [-0.39, 0.29) is 17.4 Å². The minimum atomic E-state index is -4.03. The molecule has 4 rings (SSSR count). The number of benzene rings is 2. The molecule has 9 heteroatoms. The number of hydrogen-bond acceptors (Lipinski definition) is 6. The summed E-state index contributed by atoms with van der Waals surface area (Å²) in [6.45, 7) is 0. The van der Waals surface area contributed by atoms with Gasteiger partial charge in [-0.3, -0.25) is 9.59 Å². The van der Waals surface area contributed by atoms with E-state index in [0.29, 0.717) is 29.8 Å². The number of hydrogen-bond donors (Lipinski definition) is 0. The number of sulfonamides is 1. The van der Waals surface area contributed by atoms with Gasteiger partial charge in [0, 0.05) is 6.04 Å². The maximum atomic E-state index is 13.7. The van der Waals surface area contributed by atoms with Crippen LogP contribution in [0.3, 0.4) is 0 Å². The molecule has 1 atom stereocenters. The van der Waals surface area contributed by atoms with Gasteiger partial charge in [-0.15, -0.1) is 0 Å². The molecule has 2 aromatic rings. The van der Waals surface area contributed by atoms with Crippen molar-refractivity contribution in [2.45, 2.75) is 49.1 Å². The summed E-state index contributed by atoms with van der Waals surface area (Å²) in [6.07, 6.45) is 2.81. The monoisotopic (exact) mass is 453 g/mol. The first-order chi connectivity index (χ1) is 15.4. The van der Waals surface area contributed by atoms with E-state index in [1.807, 2.05) is 6.07 Å². The zero-order valence-corrected chi connectivity index (χ0v) is 18.4. The van der Waals surface area contributed by atoms with E-state index in [4.69, 9.17) is 10.00 Å². The van der Waals surface area contributed by atoms with Gasteiger partial charge in [0.2, 0.25) is 15.9 Å². The number of methoxy groups -OCH3 is 1. The highest BCUT2D eigenvalue weighted by Crippen LogP contribution is 2.36. The topological polar surface area (TPSA) is 108 Å². The SMILES string of the molecule is COc1ccc(S(=O)(=O)N(C2CCCC2)C2CC(=O)N(c3ccc(C#N)cc3)C2=O)cc1. The van der Waals surface area contributed by atoms with Crippen LogP contribution in [0, 0.1) is 11.3 Å². The van der Waals surface area contributed by atoms with Gasteiger partial charge < -0.3 is 4.74 Å². The largest absolute Gasteiger partial charge is 0.497 e. The Kier molecular flexibility index (Phi) is 6.00. The predicted octanol–water partition coefficient (Wildman–Crippen LogP) is 2.83. The maximum Gasteiger partial charge on any atom is 0.252 e. The number of amides is 2. The lowest BCUT2D eigenvalue weighted by Crippen LogP contribution is -2.49. The molecule has 2 amide bonds. The number of rotatable bonds is 6. The van der Waals surface area contributed by atoms with Gasteiger partial charge in [0.25, 0.3) is 5.91 Å². The molecular weight excluding hydrogens is 430 g/mol. The van der Waals surface area contributed by atoms with Crippen molar-refractivity contribution in [2.75, 3.05) is 12.0 Å². The molecule has 0 bridgehead atoms. The van der Waals surface area contributed by atoms with Crippen LogP contribution in [-0.2, 0) is 19.6 Å². The van der Waals surface area contributed by atoms with Crippen LogP contribution < -0.4 is 9.64 Å². The molecule has 2 fully saturated rings. The van der Waals surface area contributed by atoms with Crippen molar-refractivity contribution in [1.29, 1.82) is 5.26 Å². The Morgan fingerprint density at radius 2 is 1.66 bits per heavy atom. The van der Waals surface area contributed by atoms with Crippen molar-refractivity contribution in [2.24, 2.45) is 0 Å². The van der Waals surface area contributed by atoms with E-state index >= 15 is 0 Å². The summed E-state index contributed by atoms with van der Waals surface area (Å²) in [4.78, 5) is 27.3. The van der Waals surface area contributed by atoms with Gasteiger partial charge in [0.05, 0.1) is 35.7 Å². The van der Waals surface area contributed by atoms with E-state index in [1.165, 1.54) is 47.8 Å². The Labute approximate surface area is 187 Å². The first-order valence-electron chi connectivity index (χ1n) is 10.4. The minimum absolute atomic E-state index is 0.0577. The van der Waals surface area contributed by atoms with Crippen LogP contribution in [0.4, 0.5) is 5.69 Å². The summed E-state index contributed by atoms with van der Waals surface area (Å²) >= 11 is 0. The fraction of sp³-hybridized carbons (Fsp3) is 0.348. The van der Waals surface area contributed by atoms with Crippen LogP contribution in [0.15, 0.2) is 53.4 Å². The third kappa shape index (κ3) is 3.87. The standard InChI is InChI=1S/C23H23N3O5S/c1-31-19-10-12-20(13-11-19)32(29,30)26(18-4-2-3-5-18)21-14-22(27)25(23(21)28)17-8-6-16(15-24)7-9-17/h6-13,18,21H,2-5,14H2,1H3. The zero-order valence-electron chi connectivity index (χ0n) is 17.6. The molecule has 1 aliphatic carbocycles. The van der Waals surface area contributed by atoms with Crippen molar-refractivity contribution >= 4 is 27.5 Å². The van der Waals surface area contributed by atoms with Gasteiger partial charge in [0.1, 0.15) is 11.8 Å². The van der Waals surface area contributed by atoms with E-state index in [9.17, 15) is 18.0 Å². The van der Waals surface area contributed by atoms with E-state index < -0.39 is 27.9 Å². The summed E-state index contributed by atoms with van der Waals surface area (Å²) in [5, 5.41) is 8.99. The quantitative estimate of drug-likeness (QED) is 0.623. The number of ether oxygens (including phenoxy) is 1. The number of anilines is 1. The Balaban J connectivity index is 1.71. The second-order valence-corrected chi connectivity index (χ2v) is 9.74. The lowest BCUT2D eigenvalue weighted by molar-refractivity contribution is -0.122. The van der Waals surface area contributed by atoms with Crippen molar-refractivity contribution < 1.29 is 22.7 Å². The number of carbonyl (C=O) groups is 2. The summed E-state index contributed by atoms with van der Waals surface area (Å²) < 4.78 is 33.7. The van der Waals surface area contributed by atoms with Crippen LogP contribution in [0.2, 0.25) is 0 Å². The average Bonchev–Trinajstić information content (AvgIpc) is 3.42. The fourth-order valence-electron chi connectivity index (χ4n) is 4.42. The Bertz CT molecular complexity index is 1160. The molecule has 32 heavy (non-hydrogen) atoms. The second kappa shape index (κ2) is 8.73. The highest BCUT2D eigenvalue weighted by atomic mass is 32.2. The van der Waals surface area contributed by atoms with Crippen molar-refractivity contribution in [3.63, 3.8) is 0 Å². The molecule has 1 unspecified atom stereocenters. The van der Waals surface area contributed by atoms with Gasteiger partial charge in [0.15, 0.2) is 0 Å². The lowest BCUT2D eigenvalue weighted by Gasteiger charge is -2.32. The van der Waals surface area contributed by atoms with Crippen molar-refractivity contribution in [1.82, 2.24) is 4.31 Å². The number of imide groups is 1. The normalized spacial score (nSPS) is 19.5. The second-order valence-electron chi connectivity index (χ2n) is 7.89. The summed E-state index contributed by atoms with van der Waals surface area (Å²) in [6, 6.07) is 12.7. The predicted molar refractivity (Wildman–Crippen MR) is 116 cm³/mol. The molecule has 2 aromatic carbocycles. The molecule has 1 heterocycles. The molecule has 1 saturated heterocycles. The summed E-state index contributed by atoms with van der Waals surface area (Å²) in [7, 11) is -2.54. The van der Waals surface area contributed by atoms with E-state index in [2.05, 4.69) is 0 Å². The lowest BCUT2D eigenvalue weighted by atomic mass is 10.1. The maximum absolute atomic E-state index is 13.7. The molecule has 0 N–H and O–H groups in total. The van der Waals surface area contributed by atoms with Gasteiger partial charge >= 0.3 is 0 Å². The fourth-order valence-corrected chi connectivity index (χ4v) is 6.24. The van der Waals surface area contributed by atoms with Crippen molar-refractivity contribution in [3.8, 4) is 11.8 Å². The molecule has 1 saturated carbocycles. The molecule has 2 aliphatic rings. The van der Waals surface area contributed by atoms with Crippen LogP contribution >= 0.6 is 0 Å². The summed E-state index contributed by atoms with van der Waals surface area (Å²) in [5.74, 6) is -0.503. The third-order valence-electron chi connectivity index (χ3n) is 6.00. The van der Waals surface area contributed by atoms with Gasteiger partial charge in [-0.25, -0.2) is 13.3 Å². The molecule has 0 spiro atoms. The van der Waals surface area contributed by atoms with E-state index in [1.54, 1.807) is 12.1 Å². The molecule has 0 aromatic heterocycles. The number of carbonyl (C=O) groups excluding carboxylic acids is 2. The van der Waals surface area contributed by atoms with E-state index in [0.717, 1.165) is 17.7 Å².